The van der Waals surface area contributed by atoms with E-state index in [0.29, 0.717) is 10.9 Å². The van der Waals surface area contributed by atoms with Crippen molar-refractivity contribution in [2.45, 2.75) is 6.92 Å². The number of amidine groups is 1. The highest BCUT2D eigenvalue weighted by Crippen LogP contribution is 2.37. The van der Waals surface area contributed by atoms with Gasteiger partial charge in [0.1, 0.15) is 11.3 Å². The molecule has 5 nitrogen and oxygen atoms in total. The van der Waals surface area contributed by atoms with Crippen molar-refractivity contribution in [1.29, 1.82) is 0 Å². The lowest BCUT2D eigenvalue weighted by Crippen LogP contribution is -2.25. The lowest BCUT2D eigenvalue weighted by Gasteiger charge is -2.10. The largest absolute Gasteiger partial charge is 0.496 e. The second-order valence-corrected chi connectivity index (χ2v) is 8.56. The van der Waals surface area contributed by atoms with Crippen molar-refractivity contribution in [3.05, 3.63) is 58.8 Å². The number of fused-ring (bicyclic) bond motifs is 1. The van der Waals surface area contributed by atoms with Crippen molar-refractivity contribution in [2.75, 3.05) is 19.4 Å². The van der Waals surface area contributed by atoms with Gasteiger partial charge in [-0.3, -0.25) is 9.79 Å². The van der Waals surface area contributed by atoms with E-state index in [4.69, 9.17) is 9.15 Å². The van der Waals surface area contributed by atoms with Gasteiger partial charge < -0.3 is 14.5 Å². The molecule has 0 fully saturated rings. The number of hydrogen-bond donors (Lipinski definition) is 1. The van der Waals surface area contributed by atoms with Gasteiger partial charge in [-0.2, -0.15) is 0 Å². The SMILES string of the molecule is COc1cc2occ(-c3cccc(Br)c3)c2cc1/C(C)=C/C(=O)NC1=NCCS1. The molecule has 0 saturated heterocycles. The number of halogens is 1. The van der Waals surface area contributed by atoms with Crippen molar-refractivity contribution in [2.24, 2.45) is 4.99 Å². The maximum Gasteiger partial charge on any atom is 0.250 e. The summed E-state index contributed by atoms with van der Waals surface area (Å²) in [7, 11) is 1.61. The van der Waals surface area contributed by atoms with Gasteiger partial charge >= 0.3 is 0 Å². The van der Waals surface area contributed by atoms with Crippen LogP contribution in [-0.4, -0.2) is 30.5 Å². The second kappa shape index (κ2) is 8.47. The quantitative estimate of drug-likeness (QED) is 0.511. The normalized spacial score (nSPS) is 14.2. The van der Waals surface area contributed by atoms with Crippen LogP contribution < -0.4 is 10.1 Å². The number of hydrogen-bond acceptors (Lipinski definition) is 5. The van der Waals surface area contributed by atoms with Gasteiger partial charge in [-0.1, -0.05) is 39.8 Å². The third-order valence-corrected chi connectivity index (χ3v) is 6.00. The molecule has 1 aromatic heterocycles. The number of ether oxygens (including phenoxy) is 1. The van der Waals surface area contributed by atoms with Gasteiger partial charge in [0.25, 0.3) is 0 Å². The maximum absolute atomic E-state index is 12.4. The second-order valence-electron chi connectivity index (χ2n) is 6.56. The van der Waals surface area contributed by atoms with Crippen LogP contribution >= 0.6 is 27.7 Å². The molecule has 29 heavy (non-hydrogen) atoms. The fraction of sp³-hybridized carbons (Fsp3) is 0.182. The zero-order valence-corrected chi connectivity index (χ0v) is 18.4. The minimum absolute atomic E-state index is 0.197. The lowest BCUT2D eigenvalue weighted by atomic mass is 9.99. The van der Waals surface area contributed by atoms with Crippen LogP contribution in [0.5, 0.6) is 5.75 Å². The van der Waals surface area contributed by atoms with Crippen LogP contribution in [0.3, 0.4) is 0 Å². The number of thioether (sulfide) groups is 1. The van der Waals surface area contributed by atoms with E-state index in [1.807, 2.05) is 43.3 Å². The van der Waals surface area contributed by atoms with Crippen molar-refractivity contribution in [3.8, 4) is 16.9 Å². The fourth-order valence-electron chi connectivity index (χ4n) is 3.24. The number of nitrogens with zero attached hydrogens (tertiary/aromatic N) is 1. The van der Waals surface area contributed by atoms with Crippen LogP contribution in [0.4, 0.5) is 0 Å². The van der Waals surface area contributed by atoms with Gasteiger partial charge in [-0.25, -0.2) is 0 Å². The molecule has 0 radical (unpaired) electrons. The van der Waals surface area contributed by atoms with E-state index in [1.54, 1.807) is 31.2 Å². The molecule has 148 valence electrons. The Morgan fingerprint density at radius 1 is 1.34 bits per heavy atom. The standard InChI is InChI=1S/C22H19BrN2O3S/c1-13(8-21(26)25-22-24-6-7-29-22)16-10-17-18(14-4-3-5-15(23)9-14)12-28-20(17)11-19(16)27-2/h3-5,8-12H,6-7H2,1-2H3,(H,24,25,26)/b13-8+. The van der Waals surface area contributed by atoms with Gasteiger partial charge in [0.15, 0.2) is 5.17 Å². The van der Waals surface area contributed by atoms with Gasteiger partial charge in [0.05, 0.1) is 19.9 Å². The molecule has 3 aromatic rings. The third-order valence-electron chi connectivity index (χ3n) is 4.62. The minimum Gasteiger partial charge on any atom is -0.496 e. The molecule has 2 aromatic carbocycles. The number of furan rings is 1. The maximum atomic E-state index is 12.4. The average molecular weight is 471 g/mol. The van der Waals surface area contributed by atoms with Crippen LogP contribution in [-0.2, 0) is 4.79 Å². The summed E-state index contributed by atoms with van der Waals surface area (Å²) >= 11 is 5.07. The van der Waals surface area contributed by atoms with Crippen LogP contribution in [0, 0.1) is 0 Å². The van der Waals surface area contributed by atoms with E-state index in [1.165, 1.54) is 0 Å². The zero-order chi connectivity index (χ0) is 20.4. The Kier molecular flexibility index (Phi) is 5.78. The number of amides is 1. The van der Waals surface area contributed by atoms with E-state index in [9.17, 15) is 4.79 Å². The third kappa shape index (κ3) is 4.26. The van der Waals surface area contributed by atoms with Gasteiger partial charge in [-0.15, -0.1) is 0 Å². The number of benzene rings is 2. The molecular weight excluding hydrogens is 452 g/mol. The van der Waals surface area contributed by atoms with Crippen LogP contribution in [0.25, 0.3) is 27.7 Å². The highest BCUT2D eigenvalue weighted by atomic mass is 79.9. The average Bonchev–Trinajstić information content (AvgIpc) is 3.36. The Labute approximate surface area is 181 Å². The van der Waals surface area contributed by atoms with Gasteiger partial charge in [0, 0.05) is 38.9 Å². The Morgan fingerprint density at radius 2 is 2.21 bits per heavy atom. The van der Waals surface area contributed by atoms with Crippen LogP contribution in [0.1, 0.15) is 12.5 Å². The molecule has 4 rings (SSSR count). The van der Waals surface area contributed by atoms with E-state index in [0.717, 1.165) is 50.0 Å². The Hall–Kier alpha value is -2.51. The molecule has 0 unspecified atom stereocenters. The molecule has 0 saturated carbocycles. The predicted octanol–water partition coefficient (Wildman–Crippen LogP) is 5.49. The summed E-state index contributed by atoms with van der Waals surface area (Å²) < 4.78 is 12.3. The number of carbonyl (C=O) groups is 1. The van der Waals surface area contributed by atoms with E-state index in [2.05, 4.69) is 26.2 Å². The molecule has 0 bridgehead atoms. The van der Waals surface area contributed by atoms with Gasteiger partial charge in [-0.05, 0) is 36.3 Å². The monoisotopic (exact) mass is 470 g/mol. The topological polar surface area (TPSA) is 63.8 Å². The van der Waals surface area contributed by atoms with Crippen molar-refractivity contribution in [1.82, 2.24) is 5.32 Å². The summed E-state index contributed by atoms with van der Waals surface area (Å²) in [6.45, 7) is 2.64. The zero-order valence-electron chi connectivity index (χ0n) is 16.0. The lowest BCUT2D eigenvalue weighted by molar-refractivity contribution is -0.115. The molecule has 0 atom stereocenters. The Bertz CT molecular complexity index is 1150. The smallest absolute Gasteiger partial charge is 0.250 e. The number of carbonyl (C=O) groups excluding carboxylic acids is 1. The summed E-state index contributed by atoms with van der Waals surface area (Å²) in [5.74, 6) is 1.36. The highest BCUT2D eigenvalue weighted by Gasteiger charge is 2.16. The summed E-state index contributed by atoms with van der Waals surface area (Å²) in [4.78, 5) is 16.6. The predicted molar refractivity (Wildman–Crippen MR) is 122 cm³/mol. The van der Waals surface area contributed by atoms with Crippen LogP contribution in [0.15, 0.2) is 62.6 Å². The van der Waals surface area contributed by atoms with Crippen LogP contribution in [0.2, 0.25) is 0 Å². The fourth-order valence-corrected chi connectivity index (χ4v) is 4.37. The highest BCUT2D eigenvalue weighted by molar-refractivity contribution is 9.10. The van der Waals surface area contributed by atoms with Crippen molar-refractivity contribution >= 4 is 55.3 Å². The first-order valence-corrected chi connectivity index (χ1v) is 10.8. The van der Waals surface area contributed by atoms with Gasteiger partial charge in [0.2, 0.25) is 5.91 Å². The number of aliphatic imine (C=N–C) groups is 1. The Balaban J connectivity index is 1.73. The summed E-state index contributed by atoms with van der Waals surface area (Å²) in [5, 5.41) is 4.46. The van der Waals surface area contributed by atoms with E-state index < -0.39 is 0 Å². The Morgan fingerprint density at radius 3 is 2.93 bits per heavy atom. The first kappa shape index (κ1) is 19.8. The summed E-state index contributed by atoms with van der Waals surface area (Å²) in [6.07, 6.45) is 3.32. The molecule has 1 aliphatic heterocycles. The molecular formula is C22H19BrN2O3S. The van der Waals surface area contributed by atoms with E-state index in [-0.39, 0.29) is 5.91 Å². The minimum atomic E-state index is -0.197. The molecule has 0 aliphatic carbocycles. The molecule has 1 amide bonds. The summed E-state index contributed by atoms with van der Waals surface area (Å²) in [5.41, 5.74) is 4.40. The molecule has 1 aliphatic rings. The number of rotatable bonds is 4. The molecule has 2 heterocycles. The number of nitrogens with one attached hydrogen (secondary N) is 1. The first-order valence-electron chi connectivity index (χ1n) is 9.07. The summed E-state index contributed by atoms with van der Waals surface area (Å²) in [6, 6.07) is 11.9. The van der Waals surface area contributed by atoms with Crippen molar-refractivity contribution < 1.29 is 13.9 Å². The molecule has 7 heteroatoms. The van der Waals surface area contributed by atoms with Crippen molar-refractivity contribution in [3.63, 3.8) is 0 Å². The molecule has 0 spiro atoms. The molecule has 1 N–H and O–H groups in total. The number of methoxy groups -OCH3 is 1. The number of allylic oxidation sites excluding steroid dienone is 1. The first-order chi connectivity index (χ1) is 14.0. The van der Waals surface area contributed by atoms with E-state index >= 15 is 0 Å².